The predicted octanol–water partition coefficient (Wildman–Crippen LogP) is 9.87. The second-order valence-corrected chi connectivity index (χ2v) is 11.9. The summed E-state index contributed by atoms with van der Waals surface area (Å²) in [6.07, 6.45) is 3.82. The van der Waals surface area contributed by atoms with E-state index in [2.05, 4.69) is 43.6 Å². The van der Waals surface area contributed by atoms with E-state index in [0.29, 0.717) is 18.2 Å². The smallest absolute Gasteiger partial charge is 0.412 e. The van der Waals surface area contributed by atoms with Crippen molar-refractivity contribution in [2.45, 2.75) is 123 Å². The summed E-state index contributed by atoms with van der Waals surface area (Å²) < 4.78 is 88.7. The Morgan fingerprint density at radius 1 is 0.756 bits per heavy atom. The van der Waals surface area contributed by atoms with Crippen LogP contribution in [0.25, 0.3) is 0 Å². The first kappa shape index (κ1) is 45.1. The lowest BCUT2D eigenvalue weighted by Crippen LogP contribution is -2.60. The minimum Gasteiger partial charge on any atom is -0.412 e. The lowest BCUT2D eigenvalue weighted by molar-refractivity contribution is -0.929. The van der Waals surface area contributed by atoms with Crippen molar-refractivity contribution in [3.05, 3.63) is 32.8 Å². The summed E-state index contributed by atoms with van der Waals surface area (Å²) in [6.45, 7) is 15.1. The third-order valence-corrected chi connectivity index (χ3v) is 8.11. The number of nitro benzene ring substituents is 1. The monoisotopic (exact) mass is 728 g/mol. The van der Waals surface area contributed by atoms with Crippen LogP contribution in [0.4, 0.5) is 42.1 Å². The molecular formula is C30H50BrF7N3O4+. The molecule has 0 aliphatic heterocycles. The van der Waals surface area contributed by atoms with Gasteiger partial charge in [0.15, 0.2) is 0 Å². The first-order valence-corrected chi connectivity index (χ1v) is 16.2. The topological polar surface area (TPSA) is 104 Å². The standard InChI is InChI=1S/C20H44N.C10H4BrF7N2O3.H2O/c1-5-9-13-17-21(18-14-10-6-2,19-15-11-7-3)20-16-12-8-4;11-5-3-4(20(22)23)1-2-6(5)19-7(21)8(12,9(13,14)15)10(16,17)18;/h5-20H2,1-4H3;1-3H,(H,19,21);1H2/q+1;;. The van der Waals surface area contributed by atoms with Crippen LogP contribution in [0.1, 0.15) is 105 Å². The van der Waals surface area contributed by atoms with Crippen molar-refractivity contribution in [1.82, 2.24) is 0 Å². The van der Waals surface area contributed by atoms with Crippen LogP contribution in [-0.4, -0.2) is 65.0 Å². The first-order valence-electron chi connectivity index (χ1n) is 15.4. The molecule has 0 bridgehead atoms. The molecular weight excluding hydrogens is 679 g/mol. The van der Waals surface area contributed by atoms with Crippen LogP contribution in [0.5, 0.6) is 0 Å². The maximum absolute atomic E-state index is 13.4. The van der Waals surface area contributed by atoms with Crippen LogP contribution < -0.4 is 5.32 Å². The van der Waals surface area contributed by atoms with Crippen molar-refractivity contribution in [1.29, 1.82) is 0 Å². The van der Waals surface area contributed by atoms with Gasteiger partial charge in [-0.15, -0.1) is 0 Å². The number of benzene rings is 1. The second kappa shape index (κ2) is 21.7. The third kappa shape index (κ3) is 15.0. The number of amides is 1. The first-order chi connectivity index (χ1) is 20.5. The normalized spacial score (nSPS) is 12.2. The van der Waals surface area contributed by atoms with Gasteiger partial charge >= 0.3 is 18.0 Å². The Labute approximate surface area is 270 Å². The number of carbonyl (C=O) groups is 1. The Balaban J connectivity index is 0. The second-order valence-electron chi connectivity index (χ2n) is 11.1. The molecule has 7 nitrogen and oxygen atoms in total. The minimum absolute atomic E-state index is 0. The average molecular weight is 730 g/mol. The molecule has 0 unspecified atom stereocenters. The molecule has 0 fully saturated rings. The fourth-order valence-corrected chi connectivity index (χ4v) is 5.27. The molecule has 0 spiro atoms. The van der Waals surface area contributed by atoms with E-state index in [-0.39, 0.29) is 5.48 Å². The number of rotatable bonds is 19. The van der Waals surface area contributed by atoms with Crippen molar-refractivity contribution in [2.24, 2.45) is 0 Å². The van der Waals surface area contributed by atoms with Gasteiger partial charge in [0.25, 0.3) is 11.6 Å². The number of carbonyl (C=O) groups excluding carboxylic acids is 1. The molecule has 0 heterocycles. The van der Waals surface area contributed by atoms with Crippen molar-refractivity contribution in [3.63, 3.8) is 0 Å². The largest absolute Gasteiger partial charge is 0.441 e. The number of nitrogens with zero attached hydrogens (tertiary/aromatic N) is 2. The number of halogens is 8. The summed E-state index contributed by atoms with van der Waals surface area (Å²) >= 11 is 2.61. The maximum atomic E-state index is 13.4. The Kier molecular flexibility index (Phi) is 21.8. The number of unbranched alkanes of at least 4 members (excludes halogenated alkanes) is 8. The molecule has 0 radical (unpaired) electrons. The number of nitrogens with one attached hydrogen (secondary N) is 1. The molecule has 0 aliphatic rings. The molecule has 1 amide bonds. The summed E-state index contributed by atoms with van der Waals surface area (Å²) in [6, 6.07) is 2.05. The SMILES string of the molecule is CCCCC[N+](CCCCC)(CCCCC)CCCCC.O.O=C(Nc1ccc([N+](=O)[O-])cc1Br)C(F)(C(F)(F)F)C(F)(F)F. The van der Waals surface area contributed by atoms with Crippen LogP contribution in [0.3, 0.4) is 0 Å². The lowest BCUT2D eigenvalue weighted by Gasteiger charge is -2.39. The molecule has 15 heteroatoms. The molecule has 0 saturated carbocycles. The highest BCUT2D eigenvalue weighted by atomic mass is 79.9. The summed E-state index contributed by atoms with van der Waals surface area (Å²) in [5.74, 6) is -3.02. The fraction of sp³-hybridized carbons (Fsp3) is 0.767. The predicted molar refractivity (Wildman–Crippen MR) is 167 cm³/mol. The van der Waals surface area contributed by atoms with Gasteiger partial charge in [-0.3, -0.25) is 14.9 Å². The van der Waals surface area contributed by atoms with Crippen molar-refractivity contribution in [2.75, 3.05) is 31.5 Å². The van der Waals surface area contributed by atoms with Gasteiger partial charge in [0, 0.05) is 16.6 Å². The van der Waals surface area contributed by atoms with Gasteiger partial charge in [-0.1, -0.05) is 53.4 Å². The molecule has 0 atom stereocenters. The molecule has 45 heavy (non-hydrogen) atoms. The number of hydrogen-bond acceptors (Lipinski definition) is 3. The van der Waals surface area contributed by atoms with E-state index >= 15 is 0 Å². The van der Waals surface area contributed by atoms with Crippen LogP contribution >= 0.6 is 15.9 Å². The number of alkyl halides is 7. The molecule has 1 rings (SSSR count). The molecule has 1 aromatic rings. The Morgan fingerprint density at radius 2 is 1.11 bits per heavy atom. The number of nitro groups is 1. The van der Waals surface area contributed by atoms with E-state index in [1.165, 1.54) is 108 Å². The Bertz CT molecular complexity index is 936. The van der Waals surface area contributed by atoms with Gasteiger partial charge in [-0.05, 0) is 73.4 Å². The maximum Gasteiger partial charge on any atom is 0.441 e. The fourth-order valence-electron chi connectivity index (χ4n) is 4.81. The van der Waals surface area contributed by atoms with Crippen LogP contribution in [0, 0.1) is 10.1 Å². The zero-order valence-electron chi connectivity index (χ0n) is 26.7. The number of anilines is 1. The number of quaternary nitrogens is 1. The molecule has 3 N–H and O–H groups in total. The van der Waals surface area contributed by atoms with Gasteiger partial charge < -0.3 is 15.3 Å². The van der Waals surface area contributed by atoms with Gasteiger partial charge in [0.05, 0.1) is 36.8 Å². The van der Waals surface area contributed by atoms with Crippen LogP contribution in [0.15, 0.2) is 22.7 Å². The number of non-ortho nitro benzene ring substituents is 1. The van der Waals surface area contributed by atoms with Crippen molar-refractivity contribution < 1.29 is 50.4 Å². The van der Waals surface area contributed by atoms with Crippen molar-refractivity contribution >= 4 is 33.2 Å². The minimum atomic E-state index is -6.55. The summed E-state index contributed by atoms with van der Waals surface area (Å²) in [5, 5.41) is 11.6. The van der Waals surface area contributed by atoms with Crippen molar-refractivity contribution in [3.8, 4) is 0 Å². The summed E-state index contributed by atoms with van der Waals surface area (Å²) in [5.41, 5.74) is -7.41. The zero-order valence-corrected chi connectivity index (χ0v) is 28.3. The van der Waals surface area contributed by atoms with E-state index in [1.807, 2.05) is 0 Å². The van der Waals surface area contributed by atoms with Gasteiger partial charge in [-0.2, -0.15) is 26.3 Å². The van der Waals surface area contributed by atoms with E-state index in [1.54, 1.807) is 0 Å². The van der Waals surface area contributed by atoms with Crippen LogP contribution in [0.2, 0.25) is 0 Å². The Hall–Kier alpha value is -2.00. The number of hydrogen-bond donors (Lipinski definition) is 1. The highest BCUT2D eigenvalue weighted by Gasteiger charge is 2.77. The Morgan fingerprint density at radius 3 is 1.38 bits per heavy atom. The van der Waals surface area contributed by atoms with Gasteiger partial charge in [-0.25, -0.2) is 4.39 Å². The van der Waals surface area contributed by atoms with Gasteiger partial charge in [0.1, 0.15) is 0 Å². The quantitative estimate of drug-likeness (QED) is 0.0504. The third-order valence-electron chi connectivity index (χ3n) is 7.45. The zero-order chi connectivity index (χ0) is 34.0. The highest BCUT2D eigenvalue weighted by molar-refractivity contribution is 9.10. The average Bonchev–Trinajstić information content (AvgIpc) is 2.93. The molecule has 0 saturated heterocycles. The molecule has 0 aromatic heterocycles. The van der Waals surface area contributed by atoms with E-state index in [0.717, 1.165) is 5.32 Å². The van der Waals surface area contributed by atoms with Gasteiger partial charge in [0.2, 0.25) is 0 Å². The summed E-state index contributed by atoms with van der Waals surface area (Å²) in [7, 11) is 0. The lowest BCUT2D eigenvalue weighted by atomic mass is 10.0. The molecule has 264 valence electrons. The molecule has 0 aliphatic carbocycles. The van der Waals surface area contributed by atoms with Crippen LogP contribution in [-0.2, 0) is 4.79 Å². The molecule has 1 aromatic carbocycles. The summed E-state index contributed by atoms with van der Waals surface area (Å²) in [4.78, 5) is 20.8. The highest BCUT2D eigenvalue weighted by Crippen LogP contribution is 2.47. The van der Waals surface area contributed by atoms with E-state index < -0.39 is 44.7 Å². The van der Waals surface area contributed by atoms with E-state index in [4.69, 9.17) is 0 Å². The van der Waals surface area contributed by atoms with E-state index in [9.17, 15) is 45.6 Å².